The molecule has 1 N–H and O–H groups in total. The fourth-order valence-electron chi connectivity index (χ4n) is 2.31. The van der Waals surface area contributed by atoms with E-state index in [1.165, 1.54) is 25.7 Å². The van der Waals surface area contributed by atoms with Crippen LogP contribution in [0, 0.1) is 6.92 Å². The molecule has 94 valence electrons. The maximum Gasteiger partial charge on any atom is 0.224 e. The molecule has 0 radical (unpaired) electrons. The van der Waals surface area contributed by atoms with E-state index in [2.05, 4.69) is 21.5 Å². The van der Waals surface area contributed by atoms with Crippen molar-refractivity contribution in [3.63, 3.8) is 0 Å². The second-order valence-corrected chi connectivity index (χ2v) is 6.01. The minimum Gasteiger partial charge on any atom is -0.367 e. The van der Waals surface area contributed by atoms with Crippen molar-refractivity contribution in [3.05, 3.63) is 17.0 Å². The Morgan fingerprint density at radius 2 is 2.24 bits per heavy atom. The van der Waals surface area contributed by atoms with Crippen molar-refractivity contribution >= 4 is 29.2 Å². The Morgan fingerprint density at radius 3 is 2.94 bits per heavy atom. The average molecular weight is 272 g/mol. The molecule has 0 saturated heterocycles. The van der Waals surface area contributed by atoms with Crippen LogP contribution in [-0.2, 0) is 0 Å². The first-order valence-corrected chi connectivity index (χ1v) is 7.64. The summed E-state index contributed by atoms with van der Waals surface area (Å²) in [5.41, 5.74) is 0.907. The SMILES string of the molecule is CSC1CCCC(Nc2cc(C)nc(Cl)n2)C1. The summed E-state index contributed by atoms with van der Waals surface area (Å²) >= 11 is 7.82. The van der Waals surface area contributed by atoms with Crippen molar-refractivity contribution in [1.29, 1.82) is 0 Å². The molecule has 1 aromatic rings. The van der Waals surface area contributed by atoms with Crippen molar-refractivity contribution in [2.45, 2.75) is 43.9 Å². The van der Waals surface area contributed by atoms with Crippen LogP contribution in [0.4, 0.5) is 5.82 Å². The monoisotopic (exact) mass is 271 g/mol. The van der Waals surface area contributed by atoms with Gasteiger partial charge in [-0.2, -0.15) is 11.8 Å². The van der Waals surface area contributed by atoms with Gasteiger partial charge in [0.25, 0.3) is 0 Å². The molecule has 3 nitrogen and oxygen atoms in total. The van der Waals surface area contributed by atoms with Crippen molar-refractivity contribution in [2.24, 2.45) is 0 Å². The largest absolute Gasteiger partial charge is 0.367 e. The van der Waals surface area contributed by atoms with E-state index in [4.69, 9.17) is 11.6 Å². The predicted octanol–water partition coefficient (Wildman–Crippen LogP) is 3.52. The highest BCUT2D eigenvalue weighted by Crippen LogP contribution is 2.28. The Labute approximate surface area is 112 Å². The standard InChI is InChI=1S/C12H18ClN3S/c1-8-6-11(16-12(13)14-8)15-9-4-3-5-10(7-9)17-2/h6,9-10H,3-5,7H2,1-2H3,(H,14,15,16). The minimum absolute atomic E-state index is 0.324. The Balaban J connectivity index is 2.00. The summed E-state index contributed by atoms with van der Waals surface area (Å²) in [5, 5.41) is 4.58. The molecule has 1 aliphatic carbocycles. The van der Waals surface area contributed by atoms with E-state index < -0.39 is 0 Å². The van der Waals surface area contributed by atoms with Gasteiger partial charge in [0.15, 0.2) is 0 Å². The number of hydrogen-bond donors (Lipinski definition) is 1. The van der Waals surface area contributed by atoms with Gasteiger partial charge in [0, 0.05) is 23.1 Å². The van der Waals surface area contributed by atoms with Crippen LogP contribution in [0.15, 0.2) is 6.07 Å². The molecule has 0 aliphatic heterocycles. The molecule has 17 heavy (non-hydrogen) atoms. The lowest BCUT2D eigenvalue weighted by Gasteiger charge is -2.29. The van der Waals surface area contributed by atoms with Crippen molar-refractivity contribution in [2.75, 3.05) is 11.6 Å². The van der Waals surface area contributed by atoms with Crippen LogP contribution < -0.4 is 5.32 Å². The second-order valence-electron chi connectivity index (χ2n) is 4.53. The number of aromatic nitrogens is 2. The van der Waals surface area contributed by atoms with E-state index in [-0.39, 0.29) is 0 Å². The summed E-state index contributed by atoms with van der Waals surface area (Å²) in [4.78, 5) is 8.28. The lowest BCUT2D eigenvalue weighted by Crippen LogP contribution is -2.28. The summed E-state index contributed by atoms with van der Waals surface area (Å²) in [5.74, 6) is 0.856. The molecule has 5 heteroatoms. The highest BCUT2D eigenvalue weighted by Gasteiger charge is 2.21. The molecule has 0 bridgehead atoms. The smallest absolute Gasteiger partial charge is 0.224 e. The molecule has 2 unspecified atom stereocenters. The quantitative estimate of drug-likeness (QED) is 0.854. The third kappa shape index (κ3) is 3.75. The van der Waals surface area contributed by atoms with Crippen molar-refractivity contribution in [3.8, 4) is 0 Å². The number of nitrogens with one attached hydrogen (secondary N) is 1. The Bertz CT molecular complexity index is 366. The van der Waals surface area contributed by atoms with Crippen molar-refractivity contribution < 1.29 is 0 Å². The molecule has 1 fully saturated rings. The maximum atomic E-state index is 5.86. The summed E-state index contributed by atoms with van der Waals surface area (Å²) in [6.07, 6.45) is 7.25. The average Bonchev–Trinajstić information content (AvgIpc) is 2.28. The summed E-state index contributed by atoms with van der Waals surface area (Å²) in [6.45, 7) is 1.93. The van der Waals surface area contributed by atoms with E-state index in [0.717, 1.165) is 16.8 Å². The summed E-state index contributed by atoms with van der Waals surface area (Å²) in [6, 6.07) is 2.47. The van der Waals surface area contributed by atoms with Gasteiger partial charge in [-0.1, -0.05) is 6.42 Å². The Hall–Kier alpha value is -0.480. The van der Waals surface area contributed by atoms with Gasteiger partial charge in [0.1, 0.15) is 5.82 Å². The number of hydrogen-bond acceptors (Lipinski definition) is 4. The lowest BCUT2D eigenvalue weighted by molar-refractivity contribution is 0.472. The van der Waals surface area contributed by atoms with Gasteiger partial charge in [-0.15, -0.1) is 0 Å². The van der Waals surface area contributed by atoms with E-state index in [1.807, 2.05) is 24.8 Å². The van der Waals surface area contributed by atoms with Gasteiger partial charge in [-0.05, 0) is 44.0 Å². The van der Waals surface area contributed by atoms with Crippen LogP contribution in [0.5, 0.6) is 0 Å². The van der Waals surface area contributed by atoms with Gasteiger partial charge in [0.2, 0.25) is 5.28 Å². The van der Waals surface area contributed by atoms with Crippen LogP contribution >= 0.6 is 23.4 Å². The lowest BCUT2D eigenvalue weighted by atomic mass is 9.95. The molecule has 1 saturated carbocycles. The first-order valence-electron chi connectivity index (χ1n) is 5.98. The molecule has 1 heterocycles. The van der Waals surface area contributed by atoms with E-state index in [9.17, 15) is 0 Å². The molecule has 1 aromatic heterocycles. The normalized spacial score (nSPS) is 24.6. The number of aryl methyl sites for hydroxylation is 1. The molecule has 0 spiro atoms. The molecule has 0 aromatic carbocycles. The molecule has 0 amide bonds. The highest BCUT2D eigenvalue weighted by atomic mass is 35.5. The summed E-state index contributed by atoms with van der Waals surface area (Å²) in [7, 11) is 0. The van der Waals surface area contributed by atoms with E-state index in [0.29, 0.717) is 11.3 Å². The zero-order valence-electron chi connectivity index (χ0n) is 10.2. The summed E-state index contributed by atoms with van der Waals surface area (Å²) < 4.78 is 0. The van der Waals surface area contributed by atoms with Crippen LogP contribution in [0.25, 0.3) is 0 Å². The van der Waals surface area contributed by atoms with Crippen LogP contribution in [-0.4, -0.2) is 27.5 Å². The first-order chi connectivity index (χ1) is 8.17. The number of halogens is 1. The van der Waals surface area contributed by atoms with Gasteiger partial charge in [0.05, 0.1) is 0 Å². The van der Waals surface area contributed by atoms with E-state index >= 15 is 0 Å². The minimum atomic E-state index is 0.324. The third-order valence-corrected chi connectivity index (χ3v) is 4.40. The Kier molecular flexibility index (Phi) is 4.51. The maximum absolute atomic E-state index is 5.86. The number of nitrogens with zero attached hydrogens (tertiary/aromatic N) is 2. The van der Waals surface area contributed by atoms with Gasteiger partial charge >= 0.3 is 0 Å². The Morgan fingerprint density at radius 1 is 1.41 bits per heavy atom. The molecule has 2 atom stereocenters. The fourth-order valence-corrected chi connectivity index (χ4v) is 3.36. The van der Waals surface area contributed by atoms with Gasteiger partial charge < -0.3 is 5.32 Å². The van der Waals surface area contributed by atoms with Crippen LogP contribution in [0.3, 0.4) is 0 Å². The van der Waals surface area contributed by atoms with Gasteiger partial charge in [-0.3, -0.25) is 0 Å². The number of anilines is 1. The topological polar surface area (TPSA) is 37.8 Å². The highest BCUT2D eigenvalue weighted by molar-refractivity contribution is 7.99. The zero-order valence-corrected chi connectivity index (χ0v) is 11.8. The number of thioether (sulfide) groups is 1. The molecule has 1 aliphatic rings. The van der Waals surface area contributed by atoms with Crippen LogP contribution in [0.2, 0.25) is 5.28 Å². The van der Waals surface area contributed by atoms with E-state index in [1.54, 1.807) is 0 Å². The second kappa shape index (κ2) is 5.91. The van der Waals surface area contributed by atoms with Crippen molar-refractivity contribution in [1.82, 2.24) is 9.97 Å². The third-order valence-electron chi connectivity index (χ3n) is 3.14. The predicted molar refractivity (Wildman–Crippen MR) is 75.0 cm³/mol. The molecular formula is C12H18ClN3S. The fraction of sp³-hybridized carbons (Fsp3) is 0.667. The number of rotatable bonds is 3. The molecule has 2 rings (SSSR count). The zero-order chi connectivity index (χ0) is 12.3. The van der Waals surface area contributed by atoms with Gasteiger partial charge in [-0.25, -0.2) is 9.97 Å². The first kappa shape index (κ1) is 13.0. The van der Waals surface area contributed by atoms with Crippen LogP contribution in [0.1, 0.15) is 31.4 Å². The molecular weight excluding hydrogens is 254 g/mol.